The summed E-state index contributed by atoms with van der Waals surface area (Å²) >= 11 is 0. The number of hydrogen-bond donors (Lipinski definition) is 0. The summed E-state index contributed by atoms with van der Waals surface area (Å²) in [5.74, 6) is 0.464. The fraction of sp³-hybridized carbons (Fsp3) is 0.579. The van der Waals surface area contributed by atoms with Crippen LogP contribution < -0.4 is 4.74 Å². The van der Waals surface area contributed by atoms with Gasteiger partial charge in [0.05, 0.1) is 26.6 Å². The average molecular weight is 351 g/mol. The first-order valence-corrected chi connectivity index (χ1v) is 8.74. The van der Waals surface area contributed by atoms with Gasteiger partial charge in [-0.1, -0.05) is 12.1 Å². The molecule has 6 heteroatoms. The average Bonchev–Trinajstić information content (AvgIpc) is 2.62. The second-order valence-electron chi connectivity index (χ2n) is 5.51. The van der Waals surface area contributed by atoms with E-state index in [1.54, 1.807) is 4.90 Å². The van der Waals surface area contributed by atoms with E-state index in [9.17, 15) is 9.59 Å². The maximum Gasteiger partial charge on any atom is 0.307 e. The molecule has 140 valence electrons. The molecule has 0 aliphatic carbocycles. The number of nitrogens with zero attached hydrogens (tertiary/aromatic N) is 1. The molecule has 0 N–H and O–H groups in total. The van der Waals surface area contributed by atoms with Crippen molar-refractivity contribution in [2.24, 2.45) is 0 Å². The van der Waals surface area contributed by atoms with Crippen LogP contribution in [-0.2, 0) is 25.5 Å². The van der Waals surface area contributed by atoms with Crippen molar-refractivity contribution in [2.75, 3.05) is 40.0 Å². The number of carbonyl (C=O) groups excluding carboxylic acids is 2. The zero-order valence-electron chi connectivity index (χ0n) is 15.5. The summed E-state index contributed by atoms with van der Waals surface area (Å²) in [5.41, 5.74) is 0.918. The van der Waals surface area contributed by atoms with Crippen molar-refractivity contribution in [3.63, 3.8) is 0 Å². The van der Waals surface area contributed by atoms with Crippen LogP contribution in [0.1, 0.15) is 32.3 Å². The Balaban J connectivity index is 2.60. The van der Waals surface area contributed by atoms with Crippen molar-refractivity contribution < 1.29 is 23.8 Å². The summed E-state index contributed by atoms with van der Waals surface area (Å²) in [6.45, 7) is 6.65. The van der Waals surface area contributed by atoms with Gasteiger partial charge in [0.25, 0.3) is 0 Å². The molecule has 0 bridgehead atoms. The van der Waals surface area contributed by atoms with Crippen molar-refractivity contribution >= 4 is 11.9 Å². The molecule has 0 fully saturated rings. The summed E-state index contributed by atoms with van der Waals surface area (Å²) in [5, 5.41) is 0. The van der Waals surface area contributed by atoms with Crippen molar-refractivity contribution in [1.82, 2.24) is 4.90 Å². The molecule has 0 spiro atoms. The summed E-state index contributed by atoms with van der Waals surface area (Å²) in [6, 6.07) is 7.50. The highest BCUT2D eigenvalue weighted by molar-refractivity contribution is 5.79. The normalized spacial score (nSPS) is 10.4. The molecule has 1 aromatic rings. The minimum Gasteiger partial charge on any atom is -0.494 e. The van der Waals surface area contributed by atoms with Crippen LogP contribution in [0.2, 0.25) is 0 Å². The molecule has 0 saturated carbocycles. The molecule has 0 saturated heterocycles. The third kappa shape index (κ3) is 8.54. The first-order valence-electron chi connectivity index (χ1n) is 8.74. The van der Waals surface area contributed by atoms with Crippen LogP contribution in [0.5, 0.6) is 5.75 Å². The Morgan fingerprint density at radius 3 is 2.36 bits per heavy atom. The number of methoxy groups -OCH3 is 1. The number of amides is 1. The van der Waals surface area contributed by atoms with Gasteiger partial charge in [-0.05, 0) is 38.0 Å². The van der Waals surface area contributed by atoms with Gasteiger partial charge in [-0.25, -0.2) is 0 Å². The van der Waals surface area contributed by atoms with Crippen LogP contribution >= 0.6 is 0 Å². The third-order valence-electron chi connectivity index (χ3n) is 3.68. The standard InChI is InChI=1S/C19H29NO5/c1-4-24-14-6-12-20(13-11-19(22)23-3)18(21)15-16-7-9-17(10-8-16)25-5-2/h7-10H,4-6,11-15H2,1-3H3. The molecule has 0 aromatic heterocycles. The van der Waals surface area contributed by atoms with Gasteiger partial charge in [-0.15, -0.1) is 0 Å². The van der Waals surface area contributed by atoms with E-state index in [1.165, 1.54) is 7.11 Å². The van der Waals surface area contributed by atoms with E-state index in [0.717, 1.165) is 17.7 Å². The second-order valence-corrected chi connectivity index (χ2v) is 5.51. The molecule has 25 heavy (non-hydrogen) atoms. The Morgan fingerprint density at radius 1 is 1.04 bits per heavy atom. The van der Waals surface area contributed by atoms with E-state index in [-0.39, 0.29) is 18.3 Å². The highest BCUT2D eigenvalue weighted by Gasteiger charge is 2.15. The van der Waals surface area contributed by atoms with Crippen molar-refractivity contribution in [3.05, 3.63) is 29.8 Å². The summed E-state index contributed by atoms with van der Waals surface area (Å²) in [6.07, 6.45) is 1.23. The lowest BCUT2D eigenvalue weighted by Gasteiger charge is -2.22. The van der Waals surface area contributed by atoms with Gasteiger partial charge in [0.15, 0.2) is 0 Å². The predicted molar refractivity (Wildman–Crippen MR) is 95.6 cm³/mol. The molecule has 0 unspecified atom stereocenters. The van der Waals surface area contributed by atoms with Crippen molar-refractivity contribution in [1.29, 1.82) is 0 Å². The topological polar surface area (TPSA) is 65.1 Å². The molecule has 6 nitrogen and oxygen atoms in total. The van der Waals surface area contributed by atoms with Crippen LogP contribution in [-0.4, -0.2) is 56.8 Å². The molecule has 0 radical (unpaired) electrons. The zero-order valence-corrected chi connectivity index (χ0v) is 15.5. The van der Waals surface area contributed by atoms with E-state index in [0.29, 0.717) is 39.3 Å². The fourth-order valence-corrected chi connectivity index (χ4v) is 2.35. The molecule has 0 aliphatic heterocycles. The highest BCUT2D eigenvalue weighted by atomic mass is 16.5. The van der Waals surface area contributed by atoms with Gasteiger partial charge in [0, 0.05) is 26.3 Å². The van der Waals surface area contributed by atoms with Gasteiger partial charge >= 0.3 is 5.97 Å². The molecule has 0 atom stereocenters. The van der Waals surface area contributed by atoms with Crippen LogP contribution in [0.15, 0.2) is 24.3 Å². The maximum atomic E-state index is 12.6. The number of esters is 1. The SMILES string of the molecule is CCOCCCN(CCC(=O)OC)C(=O)Cc1ccc(OCC)cc1. The lowest BCUT2D eigenvalue weighted by atomic mass is 10.1. The van der Waals surface area contributed by atoms with Crippen LogP contribution in [0.4, 0.5) is 0 Å². The molecular formula is C19H29NO5. The molecular weight excluding hydrogens is 322 g/mol. The number of ether oxygens (including phenoxy) is 3. The Kier molecular flexibility index (Phi) is 10.3. The van der Waals surface area contributed by atoms with Crippen molar-refractivity contribution in [2.45, 2.75) is 33.1 Å². The number of carbonyl (C=O) groups is 2. The van der Waals surface area contributed by atoms with Gasteiger partial charge in [-0.2, -0.15) is 0 Å². The van der Waals surface area contributed by atoms with E-state index in [1.807, 2.05) is 38.1 Å². The number of rotatable bonds is 12. The van der Waals surface area contributed by atoms with Crippen LogP contribution in [0.25, 0.3) is 0 Å². The molecule has 1 rings (SSSR count). The van der Waals surface area contributed by atoms with Crippen LogP contribution in [0.3, 0.4) is 0 Å². The number of hydrogen-bond acceptors (Lipinski definition) is 5. The summed E-state index contributed by atoms with van der Waals surface area (Å²) in [4.78, 5) is 25.7. The van der Waals surface area contributed by atoms with Crippen molar-refractivity contribution in [3.8, 4) is 5.75 Å². The second kappa shape index (κ2) is 12.3. The van der Waals surface area contributed by atoms with E-state index >= 15 is 0 Å². The smallest absolute Gasteiger partial charge is 0.307 e. The Morgan fingerprint density at radius 2 is 1.76 bits per heavy atom. The largest absolute Gasteiger partial charge is 0.494 e. The lowest BCUT2D eigenvalue weighted by molar-refractivity contribution is -0.141. The quantitative estimate of drug-likeness (QED) is 0.427. The monoisotopic (exact) mass is 351 g/mol. The van der Waals surface area contributed by atoms with E-state index in [4.69, 9.17) is 9.47 Å². The first kappa shape index (κ1) is 21.0. The van der Waals surface area contributed by atoms with E-state index in [2.05, 4.69) is 4.74 Å². The Labute approximate surface area is 150 Å². The highest BCUT2D eigenvalue weighted by Crippen LogP contribution is 2.13. The minimum absolute atomic E-state index is 0.00967. The molecule has 1 aromatic carbocycles. The van der Waals surface area contributed by atoms with E-state index < -0.39 is 0 Å². The van der Waals surface area contributed by atoms with Gasteiger partial charge in [0.1, 0.15) is 5.75 Å². The fourth-order valence-electron chi connectivity index (χ4n) is 2.35. The Hall–Kier alpha value is -2.08. The first-order chi connectivity index (χ1) is 12.1. The molecule has 0 heterocycles. The van der Waals surface area contributed by atoms with Gasteiger partial charge in [-0.3, -0.25) is 9.59 Å². The molecule has 1 amide bonds. The lowest BCUT2D eigenvalue weighted by Crippen LogP contribution is -2.35. The molecule has 0 aliphatic rings. The predicted octanol–water partition coefficient (Wildman–Crippen LogP) is 2.45. The Bertz CT molecular complexity index is 515. The minimum atomic E-state index is -0.316. The van der Waals surface area contributed by atoms with Gasteiger partial charge < -0.3 is 19.1 Å². The summed E-state index contributed by atoms with van der Waals surface area (Å²) in [7, 11) is 1.35. The van der Waals surface area contributed by atoms with Gasteiger partial charge in [0.2, 0.25) is 5.91 Å². The third-order valence-corrected chi connectivity index (χ3v) is 3.68. The van der Waals surface area contributed by atoms with Crippen LogP contribution in [0, 0.1) is 0 Å². The summed E-state index contributed by atoms with van der Waals surface area (Å²) < 4.78 is 15.4. The number of benzene rings is 1. The zero-order chi connectivity index (χ0) is 18.5. The maximum absolute atomic E-state index is 12.6.